The predicted molar refractivity (Wildman–Crippen MR) is 87.3 cm³/mol. The highest BCUT2D eigenvalue weighted by molar-refractivity contribution is 7.11. The van der Waals surface area contributed by atoms with Crippen LogP contribution in [0.4, 0.5) is 0 Å². The van der Waals surface area contributed by atoms with Gasteiger partial charge in [0.15, 0.2) is 0 Å². The molecular weight excluding hydrogens is 296 g/mol. The van der Waals surface area contributed by atoms with Crippen LogP contribution in [0.2, 0.25) is 0 Å². The number of aryl methyl sites for hydroxylation is 3. The highest BCUT2D eigenvalue weighted by Gasteiger charge is 2.36. The molecule has 0 radical (unpaired) electrons. The van der Waals surface area contributed by atoms with Crippen LogP contribution in [0.5, 0.6) is 0 Å². The van der Waals surface area contributed by atoms with Gasteiger partial charge < -0.3 is 4.90 Å². The molecule has 2 aromatic rings. The van der Waals surface area contributed by atoms with E-state index >= 15 is 0 Å². The molecular formula is C16H22N4OS. The lowest BCUT2D eigenvalue weighted by Gasteiger charge is -2.38. The molecule has 0 saturated carbocycles. The van der Waals surface area contributed by atoms with E-state index in [9.17, 15) is 4.79 Å². The van der Waals surface area contributed by atoms with Crippen molar-refractivity contribution in [1.82, 2.24) is 19.7 Å². The van der Waals surface area contributed by atoms with E-state index in [2.05, 4.69) is 23.9 Å². The molecule has 3 heterocycles. The fourth-order valence-electron chi connectivity index (χ4n) is 3.03. The third-order valence-corrected chi connectivity index (χ3v) is 5.75. The first-order chi connectivity index (χ1) is 10.4. The molecule has 0 bridgehead atoms. The lowest BCUT2D eigenvalue weighted by atomic mass is 9.81. The Hall–Kier alpha value is -1.69. The largest absolute Gasteiger partial charge is 0.338 e. The summed E-state index contributed by atoms with van der Waals surface area (Å²) < 4.78 is 1.70. The van der Waals surface area contributed by atoms with Gasteiger partial charge in [0.1, 0.15) is 0 Å². The van der Waals surface area contributed by atoms with Crippen molar-refractivity contribution in [2.24, 2.45) is 7.05 Å². The summed E-state index contributed by atoms with van der Waals surface area (Å²) >= 11 is 1.78. The summed E-state index contributed by atoms with van der Waals surface area (Å²) in [6, 6.07) is 0. The van der Waals surface area contributed by atoms with Gasteiger partial charge in [0, 0.05) is 42.8 Å². The van der Waals surface area contributed by atoms with Crippen molar-refractivity contribution in [3.05, 3.63) is 33.5 Å². The highest BCUT2D eigenvalue weighted by Crippen LogP contribution is 2.37. The van der Waals surface area contributed by atoms with Crippen molar-refractivity contribution >= 4 is 17.2 Å². The van der Waals surface area contributed by atoms with Crippen LogP contribution in [0.25, 0.3) is 0 Å². The zero-order valence-electron chi connectivity index (χ0n) is 13.6. The van der Waals surface area contributed by atoms with Crippen LogP contribution < -0.4 is 0 Å². The second-order valence-electron chi connectivity index (χ2n) is 6.43. The number of hydrogen-bond donors (Lipinski definition) is 0. The van der Waals surface area contributed by atoms with Gasteiger partial charge in [-0.05, 0) is 26.7 Å². The maximum absolute atomic E-state index is 12.6. The second-order valence-corrected chi connectivity index (χ2v) is 7.67. The molecule has 5 nitrogen and oxygen atoms in total. The molecule has 1 aliphatic rings. The first-order valence-corrected chi connectivity index (χ1v) is 8.43. The van der Waals surface area contributed by atoms with Gasteiger partial charge in [0.05, 0.1) is 16.3 Å². The summed E-state index contributed by atoms with van der Waals surface area (Å²) in [7, 11) is 1.85. The Morgan fingerprint density at radius 3 is 2.50 bits per heavy atom. The average molecular weight is 318 g/mol. The number of amides is 1. The Morgan fingerprint density at radius 2 is 2.00 bits per heavy atom. The molecule has 22 heavy (non-hydrogen) atoms. The minimum absolute atomic E-state index is 0.0969. The molecule has 3 rings (SSSR count). The van der Waals surface area contributed by atoms with E-state index in [0.29, 0.717) is 0 Å². The van der Waals surface area contributed by atoms with E-state index in [1.807, 2.05) is 31.3 Å². The maximum Gasteiger partial charge on any atom is 0.257 e. The SMILES string of the molecule is Cc1cnc(C2(C)CCN(C(=O)c3cn(C)nc3C)CC2)s1. The van der Waals surface area contributed by atoms with E-state index in [-0.39, 0.29) is 11.3 Å². The summed E-state index contributed by atoms with van der Waals surface area (Å²) in [6.07, 6.45) is 5.69. The third-order valence-electron chi connectivity index (χ3n) is 4.54. The molecule has 0 unspecified atom stereocenters. The van der Waals surface area contributed by atoms with E-state index in [0.717, 1.165) is 37.2 Å². The van der Waals surface area contributed by atoms with Gasteiger partial charge in [-0.1, -0.05) is 6.92 Å². The van der Waals surface area contributed by atoms with Crippen molar-refractivity contribution in [2.75, 3.05) is 13.1 Å². The lowest BCUT2D eigenvalue weighted by molar-refractivity contribution is 0.0675. The first-order valence-electron chi connectivity index (χ1n) is 7.61. The molecule has 1 amide bonds. The quantitative estimate of drug-likeness (QED) is 0.855. The molecule has 0 aliphatic carbocycles. The Morgan fingerprint density at radius 1 is 1.32 bits per heavy atom. The molecule has 0 N–H and O–H groups in total. The third kappa shape index (κ3) is 2.67. The summed E-state index contributed by atoms with van der Waals surface area (Å²) in [5.74, 6) is 0.1000. The highest BCUT2D eigenvalue weighted by atomic mass is 32.1. The molecule has 118 valence electrons. The average Bonchev–Trinajstić information content (AvgIpc) is 3.05. The summed E-state index contributed by atoms with van der Waals surface area (Å²) in [4.78, 5) is 20.4. The molecule has 0 spiro atoms. The van der Waals surface area contributed by atoms with Crippen LogP contribution in [-0.4, -0.2) is 38.7 Å². The zero-order chi connectivity index (χ0) is 15.9. The fraction of sp³-hybridized carbons (Fsp3) is 0.562. The number of carbonyl (C=O) groups excluding carboxylic acids is 1. The normalized spacial score (nSPS) is 17.7. The van der Waals surface area contributed by atoms with Crippen LogP contribution in [0.1, 0.15) is 45.7 Å². The number of aromatic nitrogens is 3. The van der Waals surface area contributed by atoms with E-state index in [1.165, 1.54) is 9.88 Å². The number of rotatable bonds is 2. The van der Waals surface area contributed by atoms with Crippen LogP contribution in [0, 0.1) is 13.8 Å². The zero-order valence-corrected chi connectivity index (χ0v) is 14.4. The van der Waals surface area contributed by atoms with Gasteiger partial charge >= 0.3 is 0 Å². The van der Waals surface area contributed by atoms with Crippen molar-refractivity contribution in [3.8, 4) is 0 Å². The number of hydrogen-bond acceptors (Lipinski definition) is 4. The van der Waals surface area contributed by atoms with Gasteiger partial charge in [0.25, 0.3) is 5.91 Å². The van der Waals surface area contributed by atoms with Gasteiger partial charge in [-0.2, -0.15) is 5.10 Å². The van der Waals surface area contributed by atoms with E-state index in [4.69, 9.17) is 0 Å². The molecule has 0 atom stereocenters. The van der Waals surface area contributed by atoms with Crippen molar-refractivity contribution in [3.63, 3.8) is 0 Å². The molecule has 2 aromatic heterocycles. The number of piperidine rings is 1. The fourth-order valence-corrected chi connectivity index (χ4v) is 4.00. The van der Waals surface area contributed by atoms with E-state index < -0.39 is 0 Å². The number of carbonyl (C=O) groups is 1. The monoisotopic (exact) mass is 318 g/mol. The minimum Gasteiger partial charge on any atom is -0.338 e. The van der Waals surface area contributed by atoms with Crippen molar-refractivity contribution < 1.29 is 4.79 Å². The van der Waals surface area contributed by atoms with Gasteiger partial charge in [-0.3, -0.25) is 9.48 Å². The van der Waals surface area contributed by atoms with Crippen molar-refractivity contribution in [1.29, 1.82) is 0 Å². The number of thiazole rings is 1. The van der Waals surface area contributed by atoms with Crippen LogP contribution in [0.15, 0.2) is 12.4 Å². The maximum atomic E-state index is 12.6. The van der Waals surface area contributed by atoms with Crippen LogP contribution >= 0.6 is 11.3 Å². The van der Waals surface area contributed by atoms with Gasteiger partial charge in [-0.25, -0.2) is 4.98 Å². The van der Waals surface area contributed by atoms with Crippen LogP contribution in [-0.2, 0) is 12.5 Å². The first kappa shape index (κ1) is 15.2. The second kappa shape index (κ2) is 5.50. The van der Waals surface area contributed by atoms with Gasteiger partial charge in [0.2, 0.25) is 0 Å². The Balaban J connectivity index is 1.71. The Bertz CT molecular complexity index is 695. The summed E-state index contributed by atoms with van der Waals surface area (Å²) in [6.45, 7) is 7.81. The standard InChI is InChI=1S/C16H22N4OS/c1-11-9-17-15(22-11)16(3)5-7-20(8-6-16)14(21)13-10-19(4)18-12(13)2/h9-10H,5-8H2,1-4H3. The van der Waals surface area contributed by atoms with Crippen molar-refractivity contribution in [2.45, 2.75) is 39.0 Å². The minimum atomic E-state index is 0.0969. The lowest BCUT2D eigenvalue weighted by Crippen LogP contribution is -2.44. The molecule has 1 saturated heterocycles. The Labute approximate surface area is 135 Å². The topological polar surface area (TPSA) is 51.0 Å². The Kier molecular flexibility index (Phi) is 3.80. The summed E-state index contributed by atoms with van der Waals surface area (Å²) in [5.41, 5.74) is 1.62. The smallest absolute Gasteiger partial charge is 0.257 e. The molecule has 1 fully saturated rings. The summed E-state index contributed by atoms with van der Waals surface area (Å²) in [5, 5.41) is 5.47. The molecule has 6 heteroatoms. The number of likely N-dealkylation sites (tertiary alicyclic amines) is 1. The van der Waals surface area contributed by atoms with Crippen LogP contribution in [0.3, 0.4) is 0 Å². The number of nitrogens with zero attached hydrogens (tertiary/aromatic N) is 4. The molecule has 1 aliphatic heterocycles. The van der Waals surface area contributed by atoms with E-state index in [1.54, 1.807) is 16.0 Å². The predicted octanol–water partition coefficient (Wildman–Crippen LogP) is 2.69. The van der Waals surface area contributed by atoms with Gasteiger partial charge in [-0.15, -0.1) is 11.3 Å². The molecule has 0 aromatic carbocycles.